The van der Waals surface area contributed by atoms with Gasteiger partial charge in [-0.25, -0.2) is 0 Å². The molecule has 1 unspecified atom stereocenters. The Morgan fingerprint density at radius 1 is 0.826 bits per heavy atom. The zero-order valence-electron chi connectivity index (χ0n) is 13.1. The number of benzene rings is 3. The van der Waals surface area contributed by atoms with Gasteiger partial charge in [0.2, 0.25) is 0 Å². The van der Waals surface area contributed by atoms with E-state index in [2.05, 4.69) is 72.9 Å². The summed E-state index contributed by atoms with van der Waals surface area (Å²) in [7, 11) is 0. The van der Waals surface area contributed by atoms with E-state index in [1.165, 1.54) is 16.7 Å². The van der Waals surface area contributed by atoms with Crippen LogP contribution in [0.1, 0.15) is 24.3 Å². The van der Waals surface area contributed by atoms with Crippen LogP contribution in [0.3, 0.4) is 0 Å². The Morgan fingerprint density at radius 3 is 2.30 bits per heavy atom. The molecule has 3 aromatic carbocycles. The number of nitrogens with one attached hydrogen (secondary N) is 1. The number of anilines is 1. The third kappa shape index (κ3) is 2.57. The smallest absolute Gasteiger partial charge is 0.197 e. The number of hydrogen-bond donors (Lipinski definition) is 1. The van der Waals surface area contributed by atoms with E-state index in [0.717, 1.165) is 23.4 Å². The molecule has 1 aliphatic rings. The van der Waals surface area contributed by atoms with Crippen LogP contribution in [0.15, 0.2) is 72.8 Å². The molecule has 2 heteroatoms. The van der Waals surface area contributed by atoms with Gasteiger partial charge in [0.25, 0.3) is 0 Å². The van der Waals surface area contributed by atoms with Crippen molar-refractivity contribution in [2.24, 2.45) is 0 Å². The van der Waals surface area contributed by atoms with Gasteiger partial charge < -0.3 is 10.1 Å². The minimum absolute atomic E-state index is 0.173. The van der Waals surface area contributed by atoms with E-state index in [4.69, 9.17) is 4.74 Å². The van der Waals surface area contributed by atoms with Crippen LogP contribution in [-0.4, -0.2) is 0 Å². The maximum atomic E-state index is 6.21. The first-order valence-electron chi connectivity index (χ1n) is 8.05. The van der Waals surface area contributed by atoms with Gasteiger partial charge in [-0.3, -0.25) is 0 Å². The van der Waals surface area contributed by atoms with E-state index < -0.39 is 0 Å². The summed E-state index contributed by atoms with van der Waals surface area (Å²) < 4.78 is 6.21. The molecule has 0 bridgehead atoms. The van der Waals surface area contributed by atoms with E-state index in [1.54, 1.807) is 0 Å². The SMILES string of the molecule is CCc1ccc(NC2Oc3ccccc3-c3ccccc32)cc1. The summed E-state index contributed by atoms with van der Waals surface area (Å²) >= 11 is 0. The molecule has 1 atom stereocenters. The lowest BCUT2D eigenvalue weighted by Crippen LogP contribution is -2.21. The third-order valence-electron chi connectivity index (χ3n) is 4.33. The van der Waals surface area contributed by atoms with Crippen LogP contribution in [0.4, 0.5) is 5.69 Å². The summed E-state index contributed by atoms with van der Waals surface area (Å²) in [5.41, 5.74) is 5.97. The molecule has 0 fully saturated rings. The minimum Gasteiger partial charge on any atom is -0.466 e. The van der Waals surface area contributed by atoms with E-state index in [0.29, 0.717) is 0 Å². The highest BCUT2D eigenvalue weighted by atomic mass is 16.5. The van der Waals surface area contributed by atoms with Crippen molar-refractivity contribution in [1.29, 1.82) is 0 Å². The fourth-order valence-electron chi connectivity index (χ4n) is 3.05. The van der Waals surface area contributed by atoms with Gasteiger partial charge in [-0.05, 0) is 35.7 Å². The Balaban J connectivity index is 1.70. The second kappa shape index (κ2) is 5.81. The minimum atomic E-state index is -0.173. The van der Waals surface area contributed by atoms with Gasteiger partial charge in [0.05, 0.1) is 0 Å². The molecular weight excluding hydrogens is 282 g/mol. The Labute approximate surface area is 136 Å². The molecule has 1 aliphatic heterocycles. The fraction of sp³-hybridized carbons (Fsp3) is 0.143. The first-order chi connectivity index (χ1) is 11.3. The maximum absolute atomic E-state index is 6.21. The van der Waals surface area contributed by atoms with Crippen LogP contribution < -0.4 is 10.1 Å². The van der Waals surface area contributed by atoms with Gasteiger partial charge in [0.15, 0.2) is 6.23 Å². The molecule has 4 rings (SSSR count). The lowest BCUT2D eigenvalue weighted by atomic mass is 9.95. The standard InChI is InChI=1S/C21H19NO/c1-2-15-11-13-16(14-12-15)22-21-19-9-4-3-7-17(19)18-8-5-6-10-20(18)23-21/h3-14,21-22H,2H2,1H3. The van der Waals surface area contributed by atoms with E-state index in [-0.39, 0.29) is 6.23 Å². The van der Waals surface area contributed by atoms with Crippen molar-refractivity contribution in [3.63, 3.8) is 0 Å². The molecule has 0 amide bonds. The summed E-state index contributed by atoms with van der Waals surface area (Å²) in [5.74, 6) is 0.925. The zero-order valence-corrected chi connectivity index (χ0v) is 13.1. The lowest BCUT2D eigenvalue weighted by molar-refractivity contribution is 0.232. The lowest BCUT2D eigenvalue weighted by Gasteiger charge is -2.29. The van der Waals surface area contributed by atoms with Crippen LogP contribution in [-0.2, 0) is 6.42 Å². The average molecular weight is 301 g/mol. The molecule has 0 spiro atoms. The normalized spacial score (nSPS) is 15.3. The third-order valence-corrected chi connectivity index (χ3v) is 4.33. The van der Waals surface area contributed by atoms with Crippen molar-refractivity contribution in [2.45, 2.75) is 19.6 Å². The monoisotopic (exact) mass is 301 g/mol. The molecule has 1 N–H and O–H groups in total. The maximum Gasteiger partial charge on any atom is 0.197 e. The Morgan fingerprint density at radius 2 is 1.52 bits per heavy atom. The van der Waals surface area contributed by atoms with Crippen molar-refractivity contribution >= 4 is 5.69 Å². The highest BCUT2D eigenvalue weighted by Crippen LogP contribution is 2.42. The molecule has 0 saturated heterocycles. The number of para-hydroxylation sites is 1. The van der Waals surface area contributed by atoms with E-state index >= 15 is 0 Å². The largest absolute Gasteiger partial charge is 0.466 e. The molecule has 1 heterocycles. The molecule has 23 heavy (non-hydrogen) atoms. The van der Waals surface area contributed by atoms with Crippen molar-refractivity contribution in [3.8, 4) is 16.9 Å². The summed E-state index contributed by atoms with van der Waals surface area (Å²) in [4.78, 5) is 0. The van der Waals surface area contributed by atoms with Crippen LogP contribution in [0.25, 0.3) is 11.1 Å². The van der Waals surface area contributed by atoms with Crippen molar-refractivity contribution in [2.75, 3.05) is 5.32 Å². The zero-order chi connectivity index (χ0) is 15.6. The van der Waals surface area contributed by atoms with Crippen LogP contribution in [0, 0.1) is 0 Å². The fourth-order valence-corrected chi connectivity index (χ4v) is 3.05. The predicted octanol–water partition coefficient (Wildman–Crippen LogP) is 5.42. The summed E-state index contributed by atoms with van der Waals surface area (Å²) in [6.45, 7) is 2.17. The van der Waals surface area contributed by atoms with Crippen molar-refractivity contribution < 1.29 is 4.74 Å². The summed E-state index contributed by atoms with van der Waals surface area (Å²) in [6, 6.07) is 25.2. The average Bonchev–Trinajstić information content (AvgIpc) is 2.62. The first kappa shape index (κ1) is 13.9. The van der Waals surface area contributed by atoms with Crippen LogP contribution in [0.5, 0.6) is 5.75 Å². The number of ether oxygens (including phenoxy) is 1. The van der Waals surface area contributed by atoms with Crippen LogP contribution in [0.2, 0.25) is 0 Å². The first-order valence-corrected chi connectivity index (χ1v) is 8.05. The molecular formula is C21H19NO. The van der Waals surface area contributed by atoms with Gasteiger partial charge in [0, 0.05) is 16.8 Å². The molecule has 0 aliphatic carbocycles. The molecule has 3 aromatic rings. The summed E-state index contributed by atoms with van der Waals surface area (Å²) in [6.07, 6.45) is 0.879. The number of hydrogen-bond acceptors (Lipinski definition) is 2. The Bertz CT molecular complexity index is 823. The van der Waals surface area contributed by atoms with Gasteiger partial charge in [-0.2, -0.15) is 0 Å². The number of rotatable bonds is 3. The molecule has 114 valence electrons. The highest BCUT2D eigenvalue weighted by molar-refractivity contribution is 5.76. The van der Waals surface area contributed by atoms with Gasteiger partial charge >= 0.3 is 0 Å². The Hall–Kier alpha value is -2.74. The van der Waals surface area contributed by atoms with Gasteiger partial charge in [-0.15, -0.1) is 0 Å². The Kier molecular flexibility index (Phi) is 3.51. The summed E-state index contributed by atoms with van der Waals surface area (Å²) in [5, 5.41) is 3.51. The predicted molar refractivity (Wildman–Crippen MR) is 94.7 cm³/mol. The quantitative estimate of drug-likeness (QED) is 0.697. The second-order valence-corrected chi connectivity index (χ2v) is 5.78. The second-order valence-electron chi connectivity index (χ2n) is 5.78. The highest BCUT2D eigenvalue weighted by Gasteiger charge is 2.25. The number of fused-ring (bicyclic) bond motifs is 3. The van der Waals surface area contributed by atoms with Crippen molar-refractivity contribution in [3.05, 3.63) is 83.9 Å². The van der Waals surface area contributed by atoms with Crippen LogP contribution >= 0.6 is 0 Å². The molecule has 2 nitrogen and oxygen atoms in total. The molecule has 0 saturated carbocycles. The van der Waals surface area contributed by atoms with Crippen molar-refractivity contribution in [1.82, 2.24) is 0 Å². The van der Waals surface area contributed by atoms with E-state index in [9.17, 15) is 0 Å². The van der Waals surface area contributed by atoms with E-state index in [1.807, 2.05) is 12.1 Å². The van der Waals surface area contributed by atoms with Gasteiger partial charge in [-0.1, -0.05) is 61.5 Å². The molecule has 0 aromatic heterocycles. The molecule has 0 radical (unpaired) electrons. The van der Waals surface area contributed by atoms with Gasteiger partial charge in [0.1, 0.15) is 5.75 Å². The number of aryl methyl sites for hydroxylation is 1. The topological polar surface area (TPSA) is 21.3 Å².